The average molecular weight is 474 g/mol. The lowest BCUT2D eigenvalue weighted by atomic mass is 9.98. The molecule has 0 saturated heterocycles. The maximum absolute atomic E-state index is 10.8. The highest BCUT2D eigenvalue weighted by molar-refractivity contribution is 14.1. The van der Waals surface area contributed by atoms with Gasteiger partial charge in [0.2, 0.25) is 0 Å². The number of hydrogen-bond acceptors (Lipinski definition) is 1. The summed E-state index contributed by atoms with van der Waals surface area (Å²) in [5.74, 6) is 6.82. The zero-order chi connectivity index (χ0) is 19.3. The third kappa shape index (κ3) is 4.37. The quantitative estimate of drug-likeness (QED) is 0.272. The van der Waals surface area contributed by atoms with Crippen molar-refractivity contribution in [2.24, 2.45) is 0 Å². The second-order valence-corrected chi connectivity index (χ2v) is 8.02. The molecule has 0 fully saturated rings. The minimum absolute atomic E-state index is 0.350. The van der Waals surface area contributed by atoms with Crippen molar-refractivity contribution in [1.29, 1.82) is 0 Å². The number of rotatable bonds is 3. The zero-order valence-electron chi connectivity index (χ0n) is 15.3. The maximum Gasteiger partial charge on any atom is 0.126 e. The molecule has 0 atom stereocenters. The molecule has 0 aliphatic carbocycles. The number of benzene rings is 4. The molecule has 1 nitrogen and oxygen atoms in total. The van der Waals surface area contributed by atoms with E-state index in [-0.39, 0.29) is 0 Å². The van der Waals surface area contributed by atoms with Gasteiger partial charge in [-0.3, -0.25) is 0 Å². The first-order valence-electron chi connectivity index (χ1n) is 9.21. The van der Waals surface area contributed by atoms with Crippen LogP contribution < -0.4 is 0 Å². The van der Waals surface area contributed by atoms with E-state index in [1.807, 2.05) is 42.5 Å². The Bertz CT molecular complexity index is 1170. The fourth-order valence-corrected chi connectivity index (χ4v) is 3.60. The molecule has 0 radical (unpaired) electrons. The van der Waals surface area contributed by atoms with Crippen molar-refractivity contribution in [3.8, 4) is 17.6 Å². The Morgan fingerprint density at radius 2 is 1.54 bits per heavy atom. The second kappa shape index (κ2) is 8.50. The predicted molar refractivity (Wildman–Crippen MR) is 125 cm³/mol. The normalized spacial score (nSPS) is 10.5. The van der Waals surface area contributed by atoms with Crippen molar-refractivity contribution >= 4 is 33.4 Å². The lowest BCUT2D eigenvalue weighted by molar-refractivity contribution is 0.476. The van der Waals surface area contributed by atoms with Crippen molar-refractivity contribution in [1.82, 2.24) is 0 Å². The Labute approximate surface area is 179 Å². The smallest absolute Gasteiger partial charge is 0.126 e. The number of phenols is 1. The molecule has 1 N–H and O–H groups in total. The number of aromatic hydroxyl groups is 1. The van der Waals surface area contributed by atoms with Gasteiger partial charge in [0.25, 0.3) is 0 Å². The molecule has 0 bridgehead atoms. The lowest BCUT2D eigenvalue weighted by Gasteiger charge is -2.09. The van der Waals surface area contributed by atoms with Crippen molar-refractivity contribution in [3.63, 3.8) is 0 Å². The van der Waals surface area contributed by atoms with E-state index in [0.29, 0.717) is 12.2 Å². The van der Waals surface area contributed by atoms with Crippen molar-refractivity contribution in [2.45, 2.75) is 12.8 Å². The first kappa shape index (κ1) is 18.6. The van der Waals surface area contributed by atoms with E-state index in [2.05, 4.69) is 76.9 Å². The number of halogens is 1. The number of hydrogen-bond donors (Lipinski definition) is 1. The summed E-state index contributed by atoms with van der Waals surface area (Å²) in [6.07, 6.45) is 1.43. The third-order valence-corrected chi connectivity index (χ3v) is 5.47. The van der Waals surface area contributed by atoms with Crippen molar-refractivity contribution < 1.29 is 5.11 Å². The highest BCUT2D eigenvalue weighted by atomic mass is 127. The third-order valence-electron chi connectivity index (χ3n) is 4.75. The van der Waals surface area contributed by atoms with E-state index in [9.17, 15) is 5.11 Å². The van der Waals surface area contributed by atoms with Crippen LogP contribution in [0.3, 0.4) is 0 Å². The molecule has 0 aromatic heterocycles. The summed E-state index contributed by atoms with van der Waals surface area (Å²) in [4.78, 5) is 0. The molecule has 0 unspecified atom stereocenters. The van der Waals surface area contributed by atoms with E-state index in [0.717, 1.165) is 28.3 Å². The van der Waals surface area contributed by atoms with Crippen LogP contribution in [0.1, 0.15) is 22.3 Å². The first-order chi connectivity index (χ1) is 13.7. The van der Waals surface area contributed by atoms with Gasteiger partial charge in [0.05, 0.1) is 0 Å². The van der Waals surface area contributed by atoms with Crippen LogP contribution in [0.4, 0.5) is 0 Å². The fraction of sp³-hybridized carbons (Fsp3) is 0.0769. The summed E-state index contributed by atoms with van der Waals surface area (Å²) in [7, 11) is 0. The van der Waals surface area contributed by atoms with Crippen LogP contribution >= 0.6 is 22.6 Å². The van der Waals surface area contributed by atoms with Gasteiger partial charge in [0.15, 0.2) is 0 Å². The zero-order valence-corrected chi connectivity index (χ0v) is 17.5. The summed E-state index contributed by atoms with van der Waals surface area (Å²) in [5, 5.41) is 12.7. The average Bonchev–Trinajstić information content (AvgIpc) is 2.73. The van der Waals surface area contributed by atoms with Gasteiger partial charge in [-0.15, -0.1) is 0 Å². The Hall–Kier alpha value is -2.77. The van der Waals surface area contributed by atoms with Crippen molar-refractivity contribution in [3.05, 3.63) is 111 Å². The summed E-state index contributed by atoms with van der Waals surface area (Å²) >= 11 is 2.30. The summed E-state index contributed by atoms with van der Waals surface area (Å²) in [5.41, 5.74) is 4.25. The summed E-state index contributed by atoms with van der Waals surface area (Å²) in [6.45, 7) is 0. The molecule has 4 rings (SSSR count). The Kier molecular flexibility index (Phi) is 5.64. The minimum Gasteiger partial charge on any atom is -0.507 e. The monoisotopic (exact) mass is 474 g/mol. The molecule has 0 aliphatic rings. The van der Waals surface area contributed by atoms with Gasteiger partial charge in [-0.05, 0) is 68.9 Å². The van der Waals surface area contributed by atoms with Crippen LogP contribution in [-0.4, -0.2) is 5.11 Å². The summed E-state index contributed by atoms with van der Waals surface area (Å²) in [6, 6.07) is 28.7. The van der Waals surface area contributed by atoms with Gasteiger partial charge in [-0.1, -0.05) is 72.5 Å². The lowest BCUT2D eigenvalue weighted by Crippen LogP contribution is -1.90. The standard InChI is InChI=1S/C26H19IO/c27-24-15-10-19(11-16-24)7-4-8-21-9-12-22-13-14-23(26(28)25(22)18-21)17-20-5-2-1-3-6-20/h1-3,5-6,9-16,18,28H,7,17H2. The van der Waals surface area contributed by atoms with Gasteiger partial charge >= 0.3 is 0 Å². The second-order valence-electron chi connectivity index (χ2n) is 6.78. The molecule has 136 valence electrons. The molecule has 28 heavy (non-hydrogen) atoms. The maximum atomic E-state index is 10.8. The molecule has 0 saturated carbocycles. The van der Waals surface area contributed by atoms with E-state index in [1.165, 1.54) is 14.7 Å². The van der Waals surface area contributed by atoms with E-state index < -0.39 is 0 Å². The van der Waals surface area contributed by atoms with Gasteiger partial charge in [-0.2, -0.15) is 0 Å². The Balaban J connectivity index is 1.60. The highest BCUT2D eigenvalue weighted by Crippen LogP contribution is 2.31. The van der Waals surface area contributed by atoms with Crippen molar-refractivity contribution in [2.75, 3.05) is 0 Å². The molecule has 0 amide bonds. The van der Waals surface area contributed by atoms with Gasteiger partial charge in [0.1, 0.15) is 5.75 Å². The number of phenolic OH excluding ortho intramolecular Hbond substituents is 1. The molecule has 0 spiro atoms. The van der Waals surface area contributed by atoms with Gasteiger partial charge in [-0.25, -0.2) is 0 Å². The predicted octanol–water partition coefficient (Wildman–Crippen LogP) is 6.34. The molecular formula is C26H19IO. The molecule has 0 heterocycles. The van der Waals surface area contributed by atoms with E-state index >= 15 is 0 Å². The first-order valence-corrected chi connectivity index (χ1v) is 10.3. The van der Waals surface area contributed by atoms with Crippen LogP contribution in [0.2, 0.25) is 0 Å². The molecule has 4 aromatic carbocycles. The van der Waals surface area contributed by atoms with Crippen LogP contribution in [0.5, 0.6) is 5.75 Å². The SMILES string of the molecule is Oc1c(Cc2ccccc2)ccc2ccc(C#CCc3ccc(I)cc3)cc12. The molecule has 2 heteroatoms. The van der Waals surface area contributed by atoms with Crippen LogP contribution in [0.15, 0.2) is 84.9 Å². The van der Waals surface area contributed by atoms with Crippen LogP contribution in [-0.2, 0) is 12.8 Å². The highest BCUT2D eigenvalue weighted by Gasteiger charge is 2.08. The Morgan fingerprint density at radius 3 is 2.32 bits per heavy atom. The molecular weight excluding hydrogens is 455 g/mol. The summed E-state index contributed by atoms with van der Waals surface area (Å²) < 4.78 is 1.23. The molecule has 4 aromatic rings. The Morgan fingerprint density at radius 1 is 0.786 bits per heavy atom. The number of fused-ring (bicyclic) bond motifs is 1. The molecule has 0 aliphatic heterocycles. The largest absolute Gasteiger partial charge is 0.507 e. The minimum atomic E-state index is 0.350. The van der Waals surface area contributed by atoms with Crippen LogP contribution in [0.25, 0.3) is 10.8 Å². The van der Waals surface area contributed by atoms with Gasteiger partial charge in [0, 0.05) is 27.4 Å². The van der Waals surface area contributed by atoms with E-state index in [4.69, 9.17) is 0 Å². The fourth-order valence-electron chi connectivity index (χ4n) is 3.24. The van der Waals surface area contributed by atoms with E-state index in [1.54, 1.807) is 0 Å². The van der Waals surface area contributed by atoms with Gasteiger partial charge < -0.3 is 5.11 Å². The topological polar surface area (TPSA) is 20.2 Å². The van der Waals surface area contributed by atoms with Crippen LogP contribution in [0, 0.1) is 15.4 Å².